The van der Waals surface area contributed by atoms with E-state index in [4.69, 9.17) is 5.73 Å². The van der Waals surface area contributed by atoms with Gasteiger partial charge in [-0.15, -0.1) is 10.2 Å². The standard InChI is InChI=1S/C18H33N7/c1-2-24-12-7-8-15(24)14-21-18(19)20-11-6-10-17-23-22-16-9-4-3-5-13-25(16)17/h15H,2-14H2,1H3,(H3,19,20,21). The number of guanidine groups is 1. The lowest BCUT2D eigenvalue weighted by molar-refractivity contribution is 0.273. The summed E-state index contributed by atoms with van der Waals surface area (Å²) in [6, 6.07) is 0.566. The molecule has 25 heavy (non-hydrogen) atoms. The molecule has 140 valence electrons. The zero-order chi connectivity index (χ0) is 17.5. The maximum absolute atomic E-state index is 6.02. The number of hydrogen-bond donors (Lipinski definition) is 2. The lowest BCUT2D eigenvalue weighted by atomic mass is 10.2. The third-order valence-corrected chi connectivity index (χ3v) is 5.45. The highest BCUT2D eigenvalue weighted by Gasteiger charge is 2.22. The monoisotopic (exact) mass is 347 g/mol. The number of likely N-dealkylation sites (tertiary alicyclic amines) is 1. The minimum Gasteiger partial charge on any atom is -0.370 e. The third kappa shape index (κ3) is 4.93. The Hall–Kier alpha value is -1.63. The van der Waals surface area contributed by atoms with Crippen molar-refractivity contribution in [3.63, 3.8) is 0 Å². The predicted molar refractivity (Wildman–Crippen MR) is 101 cm³/mol. The molecular weight excluding hydrogens is 314 g/mol. The molecule has 0 amide bonds. The van der Waals surface area contributed by atoms with Gasteiger partial charge in [0.2, 0.25) is 0 Å². The summed E-state index contributed by atoms with van der Waals surface area (Å²) in [5.41, 5.74) is 6.02. The molecule has 0 spiro atoms. The van der Waals surface area contributed by atoms with E-state index in [1.54, 1.807) is 0 Å². The summed E-state index contributed by atoms with van der Waals surface area (Å²) in [7, 11) is 0. The molecular formula is C18H33N7. The van der Waals surface area contributed by atoms with Crippen LogP contribution >= 0.6 is 0 Å². The number of nitrogens with two attached hydrogens (primary N) is 1. The quantitative estimate of drug-likeness (QED) is 0.441. The largest absolute Gasteiger partial charge is 0.370 e. The molecule has 0 bridgehead atoms. The maximum atomic E-state index is 6.02. The average Bonchev–Trinajstić information content (AvgIpc) is 3.17. The molecule has 3 N–H and O–H groups in total. The number of aliphatic imine (C=N–C) groups is 1. The van der Waals surface area contributed by atoms with Crippen molar-refractivity contribution in [3.05, 3.63) is 11.6 Å². The van der Waals surface area contributed by atoms with Gasteiger partial charge >= 0.3 is 0 Å². The highest BCUT2D eigenvalue weighted by Crippen LogP contribution is 2.16. The Morgan fingerprint density at radius 1 is 1.24 bits per heavy atom. The van der Waals surface area contributed by atoms with E-state index in [9.17, 15) is 0 Å². The molecule has 1 saturated heterocycles. The molecule has 0 aliphatic carbocycles. The second kappa shape index (κ2) is 9.17. The topological polar surface area (TPSA) is 84.4 Å². The number of fused-ring (bicyclic) bond motifs is 1. The fraction of sp³-hybridized carbons (Fsp3) is 0.833. The summed E-state index contributed by atoms with van der Waals surface area (Å²) in [5, 5.41) is 12.0. The summed E-state index contributed by atoms with van der Waals surface area (Å²) in [5.74, 6) is 2.86. The van der Waals surface area contributed by atoms with Gasteiger partial charge in [0.15, 0.2) is 5.96 Å². The molecule has 0 radical (unpaired) electrons. The van der Waals surface area contributed by atoms with E-state index >= 15 is 0 Å². The Bertz CT molecular complexity index is 566. The number of nitrogens with zero attached hydrogens (tertiary/aromatic N) is 5. The van der Waals surface area contributed by atoms with E-state index in [0.29, 0.717) is 12.0 Å². The highest BCUT2D eigenvalue weighted by atomic mass is 15.3. The summed E-state index contributed by atoms with van der Waals surface area (Å²) in [6.45, 7) is 7.24. The van der Waals surface area contributed by atoms with E-state index in [0.717, 1.165) is 51.3 Å². The molecule has 2 aliphatic heterocycles. The van der Waals surface area contributed by atoms with Crippen LogP contribution in [0.15, 0.2) is 4.99 Å². The molecule has 3 rings (SSSR count). The van der Waals surface area contributed by atoms with E-state index in [-0.39, 0.29) is 0 Å². The SMILES string of the molecule is CCN1CCCC1CN=C(N)NCCCc1nnc2n1CCCCC2. The first-order chi connectivity index (χ1) is 12.3. The van der Waals surface area contributed by atoms with Crippen LogP contribution in [0.1, 0.15) is 57.1 Å². The molecule has 2 aliphatic rings. The zero-order valence-corrected chi connectivity index (χ0v) is 15.6. The van der Waals surface area contributed by atoms with Crippen molar-refractivity contribution < 1.29 is 0 Å². The maximum Gasteiger partial charge on any atom is 0.188 e. The molecule has 7 nitrogen and oxygen atoms in total. The number of nitrogens with one attached hydrogen (secondary N) is 1. The van der Waals surface area contributed by atoms with Crippen molar-refractivity contribution in [2.45, 2.75) is 70.9 Å². The van der Waals surface area contributed by atoms with Crippen LogP contribution in [0.5, 0.6) is 0 Å². The molecule has 1 atom stereocenters. The summed E-state index contributed by atoms with van der Waals surface area (Å²) < 4.78 is 2.32. The van der Waals surface area contributed by atoms with Crippen molar-refractivity contribution in [3.8, 4) is 0 Å². The lowest BCUT2D eigenvalue weighted by Crippen LogP contribution is -2.36. The van der Waals surface area contributed by atoms with Gasteiger partial charge in [-0.25, -0.2) is 0 Å². The van der Waals surface area contributed by atoms with Crippen LogP contribution in [0.3, 0.4) is 0 Å². The van der Waals surface area contributed by atoms with Gasteiger partial charge in [-0.05, 0) is 45.2 Å². The Morgan fingerprint density at radius 2 is 2.16 bits per heavy atom. The smallest absolute Gasteiger partial charge is 0.188 e. The first kappa shape index (κ1) is 18.2. The van der Waals surface area contributed by atoms with Crippen LogP contribution < -0.4 is 11.1 Å². The third-order valence-electron chi connectivity index (χ3n) is 5.45. The van der Waals surface area contributed by atoms with E-state index in [1.165, 1.54) is 44.5 Å². The minimum absolute atomic E-state index is 0.566. The van der Waals surface area contributed by atoms with Gasteiger partial charge in [0.25, 0.3) is 0 Å². The number of rotatable bonds is 7. The molecule has 0 saturated carbocycles. The average molecular weight is 348 g/mol. The van der Waals surface area contributed by atoms with Gasteiger partial charge in [0.1, 0.15) is 11.6 Å². The number of aryl methyl sites for hydroxylation is 2. The van der Waals surface area contributed by atoms with Crippen molar-refractivity contribution >= 4 is 5.96 Å². The van der Waals surface area contributed by atoms with Gasteiger partial charge in [-0.2, -0.15) is 0 Å². The first-order valence-corrected chi connectivity index (χ1v) is 9.96. The molecule has 0 aromatic carbocycles. The Morgan fingerprint density at radius 3 is 3.04 bits per heavy atom. The number of hydrogen-bond acceptors (Lipinski definition) is 4. The molecule has 1 unspecified atom stereocenters. The van der Waals surface area contributed by atoms with Gasteiger partial charge in [0, 0.05) is 32.0 Å². The number of aromatic nitrogens is 3. The zero-order valence-electron chi connectivity index (χ0n) is 15.6. The van der Waals surface area contributed by atoms with Crippen molar-refractivity contribution in [1.29, 1.82) is 0 Å². The second-order valence-corrected chi connectivity index (χ2v) is 7.18. The number of likely N-dealkylation sites (N-methyl/N-ethyl adjacent to an activating group) is 1. The van der Waals surface area contributed by atoms with Crippen molar-refractivity contribution in [1.82, 2.24) is 25.0 Å². The molecule has 1 fully saturated rings. The molecule has 3 heterocycles. The normalized spacial score (nSPS) is 22.0. The Balaban J connectivity index is 1.38. The summed E-state index contributed by atoms with van der Waals surface area (Å²) in [6.07, 6.45) is 9.31. The second-order valence-electron chi connectivity index (χ2n) is 7.18. The summed E-state index contributed by atoms with van der Waals surface area (Å²) in [4.78, 5) is 7.02. The van der Waals surface area contributed by atoms with Crippen LogP contribution in [0, 0.1) is 0 Å². The molecule has 7 heteroatoms. The minimum atomic E-state index is 0.566. The lowest BCUT2D eigenvalue weighted by Gasteiger charge is -2.20. The van der Waals surface area contributed by atoms with Crippen molar-refractivity contribution in [2.24, 2.45) is 10.7 Å². The van der Waals surface area contributed by atoms with Crippen LogP contribution in [-0.4, -0.2) is 57.8 Å². The van der Waals surface area contributed by atoms with Crippen LogP contribution in [0.2, 0.25) is 0 Å². The van der Waals surface area contributed by atoms with E-state index < -0.39 is 0 Å². The predicted octanol–water partition coefficient (Wildman–Crippen LogP) is 1.33. The fourth-order valence-corrected chi connectivity index (χ4v) is 3.97. The molecule has 1 aromatic heterocycles. The van der Waals surface area contributed by atoms with Crippen molar-refractivity contribution in [2.75, 3.05) is 26.2 Å². The Labute approximate surface area is 151 Å². The van der Waals surface area contributed by atoms with E-state index in [2.05, 4.69) is 36.9 Å². The van der Waals surface area contributed by atoms with Crippen LogP contribution in [0.25, 0.3) is 0 Å². The van der Waals surface area contributed by atoms with Crippen LogP contribution in [0.4, 0.5) is 0 Å². The highest BCUT2D eigenvalue weighted by molar-refractivity contribution is 5.77. The van der Waals surface area contributed by atoms with Gasteiger partial charge in [0.05, 0.1) is 6.54 Å². The fourth-order valence-electron chi connectivity index (χ4n) is 3.97. The van der Waals surface area contributed by atoms with Gasteiger partial charge in [-0.1, -0.05) is 13.3 Å². The Kier molecular flexibility index (Phi) is 6.67. The molecule has 1 aromatic rings. The van der Waals surface area contributed by atoms with E-state index in [1.807, 2.05) is 0 Å². The van der Waals surface area contributed by atoms with Crippen LogP contribution in [-0.2, 0) is 19.4 Å². The van der Waals surface area contributed by atoms with Gasteiger partial charge in [-0.3, -0.25) is 9.89 Å². The van der Waals surface area contributed by atoms with Gasteiger partial charge < -0.3 is 15.6 Å². The first-order valence-electron chi connectivity index (χ1n) is 9.96. The summed E-state index contributed by atoms with van der Waals surface area (Å²) >= 11 is 0.